The van der Waals surface area contributed by atoms with Gasteiger partial charge in [0.1, 0.15) is 28.7 Å². The number of aromatic hydroxyl groups is 3. The molecule has 0 saturated carbocycles. The second kappa shape index (κ2) is 5.61. The first kappa shape index (κ1) is 13.9. The molecule has 20 heavy (non-hydrogen) atoms. The Morgan fingerprint density at radius 3 is 1.80 bits per heavy atom. The summed E-state index contributed by atoms with van der Waals surface area (Å²) in [4.78, 5) is 0. The fraction of sp³-hybridized carbons (Fsp3) is 0.200. The Bertz CT molecular complexity index is 576. The van der Waals surface area contributed by atoms with Gasteiger partial charge in [-0.05, 0) is 12.1 Å². The molecule has 2 rings (SSSR count). The summed E-state index contributed by atoms with van der Waals surface area (Å²) >= 11 is 0. The molecule has 0 amide bonds. The first-order chi connectivity index (χ1) is 9.56. The van der Waals surface area contributed by atoms with E-state index >= 15 is 0 Å². The average Bonchev–Trinajstić information content (AvgIpc) is 2.42. The minimum Gasteiger partial charge on any atom is -0.508 e. The Balaban J connectivity index is 2.50. The second-order valence-electron chi connectivity index (χ2n) is 4.28. The maximum Gasteiger partial charge on any atom is 0.126 e. The van der Waals surface area contributed by atoms with Crippen molar-refractivity contribution in [1.29, 1.82) is 0 Å². The van der Waals surface area contributed by atoms with Crippen LogP contribution in [0, 0.1) is 0 Å². The van der Waals surface area contributed by atoms with Gasteiger partial charge in [-0.25, -0.2) is 0 Å². The largest absolute Gasteiger partial charge is 0.508 e. The number of phenolic OH excluding ortho intramolecular Hbond substituents is 3. The summed E-state index contributed by atoms with van der Waals surface area (Å²) in [5.41, 5.74) is 0.999. The molecule has 0 spiro atoms. The van der Waals surface area contributed by atoms with E-state index in [1.807, 2.05) is 0 Å². The van der Waals surface area contributed by atoms with E-state index in [0.717, 1.165) is 0 Å². The highest BCUT2D eigenvalue weighted by atomic mass is 16.5. The molecule has 0 aliphatic rings. The Kier molecular flexibility index (Phi) is 3.89. The molecule has 0 aliphatic heterocycles. The molecule has 0 aliphatic carbocycles. The van der Waals surface area contributed by atoms with Gasteiger partial charge in [0.15, 0.2) is 0 Å². The van der Waals surface area contributed by atoms with Crippen LogP contribution in [0.3, 0.4) is 0 Å². The lowest BCUT2D eigenvalue weighted by molar-refractivity contribution is 0.385. The number of hydrogen-bond acceptors (Lipinski definition) is 5. The van der Waals surface area contributed by atoms with Crippen LogP contribution in [0.4, 0.5) is 0 Å². The van der Waals surface area contributed by atoms with E-state index in [4.69, 9.17) is 9.47 Å². The van der Waals surface area contributed by atoms with E-state index < -0.39 is 0 Å². The van der Waals surface area contributed by atoms with E-state index in [9.17, 15) is 15.3 Å². The lowest BCUT2D eigenvalue weighted by Gasteiger charge is -2.14. The van der Waals surface area contributed by atoms with Gasteiger partial charge in [-0.1, -0.05) is 6.07 Å². The quantitative estimate of drug-likeness (QED) is 0.799. The fourth-order valence-electron chi connectivity index (χ4n) is 2.09. The van der Waals surface area contributed by atoms with Gasteiger partial charge in [-0.3, -0.25) is 0 Å². The summed E-state index contributed by atoms with van der Waals surface area (Å²) in [6.07, 6.45) is 0.213. The van der Waals surface area contributed by atoms with Crippen molar-refractivity contribution in [2.24, 2.45) is 0 Å². The molecule has 0 unspecified atom stereocenters. The topological polar surface area (TPSA) is 79.2 Å². The van der Waals surface area contributed by atoms with Gasteiger partial charge >= 0.3 is 0 Å². The molecule has 0 radical (unpaired) electrons. The predicted octanol–water partition coefficient (Wildman–Crippen LogP) is 2.41. The minimum atomic E-state index is -0.198. The zero-order valence-corrected chi connectivity index (χ0v) is 11.3. The SMILES string of the molecule is COc1cccc(OC)c1Cc1c(O)cc(O)cc1O. The van der Waals surface area contributed by atoms with Crippen LogP contribution in [-0.4, -0.2) is 29.5 Å². The van der Waals surface area contributed by atoms with Gasteiger partial charge in [0.2, 0.25) is 0 Å². The molecule has 3 N–H and O–H groups in total. The molecule has 106 valence electrons. The molecule has 0 atom stereocenters. The number of benzene rings is 2. The molecule has 0 aromatic heterocycles. The van der Waals surface area contributed by atoms with Crippen LogP contribution >= 0.6 is 0 Å². The summed E-state index contributed by atoms with van der Waals surface area (Å²) in [6.45, 7) is 0. The van der Waals surface area contributed by atoms with Crippen LogP contribution in [-0.2, 0) is 6.42 Å². The minimum absolute atomic E-state index is 0.185. The van der Waals surface area contributed by atoms with Gasteiger partial charge in [-0.15, -0.1) is 0 Å². The zero-order chi connectivity index (χ0) is 14.7. The van der Waals surface area contributed by atoms with Crippen LogP contribution < -0.4 is 9.47 Å². The zero-order valence-electron chi connectivity index (χ0n) is 11.3. The lowest BCUT2D eigenvalue weighted by atomic mass is 10.0. The molecular formula is C15H16O5. The molecule has 0 heterocycles. The van der Waals surface area contributed by atoms with Crippen LogP contribution in [0.25, 0.3) is 0 Å². The van der Waals surface area contributed by atoms with Crippen molar-refractivity contribution in [1.82, 2.24) is 0 Å². The smallest absolute Gasteiger partial charge is 0.126 e. The third-order valence-electron chi connectivity index (χ3n) is 3.07. The second-order valence-corrected chi connectivity index (χ2v) is 4.28. The summed E-state index contributed by atoms with van der Waals surface area (Å²) in [5.74, 6) is 0.620. The van der Waals surface area contributed by atoms with Crippen LogP contribution in [0.1, 0.15) is 11.1 Å². The van der Waals surface area contributed by atoms with E-state index in [1.54, 1.807) is 18.2 Å². The number of phenols is 3. The molecule has 5 heteroatoms. The van der Waals surface area contributed by atoms with Crippen LogP contribution in [0.5, 0.6) is 28.7 Å². The highest BCUT2D eigenvalue weighted by molar-refractivity contribution is 5.55. The summed E-state index contributed by atoms with van der Waals surface area (Å²) in [5, 5.41) is 29.0. The highest BCUT2D eigenvalue weighted by Crippen LogP contribution is 2.38. The first-order valence-corrected chi connectivity index (χ1v) is 6.00. The predicted molar refractivity (Wildman–Crippen MR) is 73.8 cm³/mol. The number of hydrogen-bond donors (Lipinski definition) is 3. The molecule has 2 aromatic rings. The van der Waals surface area contributed by atoms with Crippen molar-refractivity contribution < 1.29 is 24.8 Å². The van der Waals surface area contributed by atoms with Gasteiger partial charge in [-0.2, -0.15) is 0 Å². The Morgan fingerprint density at radius 1 is 0.850 bits per heavy atom. The number of ether oxygens (including phenoxy) is 2. The molecule has 2 aromatic carbocycles. The van der Waals surface area contributed by atoms with E-state index in [-0.39, 0.29) is 23.7 Å². The molecule has 5 nitrogen and oxygen atoms in total. The summed E-state index contributed by atoms with van der Waals surface area (Å²) < 4.78 is 10.5. The normalized spacial score (nSPS) is 10.3. The molecular weight excluding hydrogens is 260 g/mol. The van der Waals surface area contributed by atoms with E-state index in [1.165, 1.54) is 26.4 Å². The third-order valence-corrected chi connectivity index (χ3v) is 3.07. The van der Waals surface area contributed by atoms with Crippen LogP contribution in [0.2, 0.25) is 0 Å². The Labute approximate surface area is 116 Å². The van der Waals surface area contributed by atoms with Crippen LogP contribution in [0.15, 0.2) is 30.3 Å². The maximum atomic E-state index is 9.86. The average molecular weight is 276 g/mol. The molecule has 0 saturated heterocycles. The number of rotatable bonds is 4. The molecule has 0 bridgehead atoms. The fourth-order valence-corrected chi connectivity index (χ4v) is 2.09. The van der Waals surface area contributed by atoms with Crippen molar-refractivity contribution in [2.75, 3.05) is 14.2 Å². The standard InChI is InChI=1S/C15H16O5/c1-19-14-4-3-5-15(20-2)11(14)8-10-12(17)6-9(16)7-13(10)18/h3-7,16-18H,8H2,1-2H3. The van der Waals surface area contributed by atoms with Crippen molar-refractivity contribution in [2.45, 2.75) is 6.42 Å². The Hall–Kier alpha value is -2.56. The third kappa shape index (κ3) is 2.56. The van der Waals surface area contributed by atoms with E-state index in [0.29, 0.717) is 22.6 Å². The molecule has 0 fully saturated rings. The number of methoxy groups -OCH3 is 2. The summed E-state index contributed by atoms with van der Waals surface area (Å²) in [6, 6.07) is 7.68. The van der Waals surface area contributed by atoms with Gasteiger partial charge in [0.25, 0.3) is 0 Å². The lowest BCUT2D eigenvalue weighted by Crippen LogP contribution is -1.98. The maximum absolute atomic E-state index is 9.86. The van der Waals surface area contributed by atoms with Crippen molar-refractivity contribution >= 4 is 0 Å². The monoisotopic (exact) mass is 276 g/mol. The highest BCUT2D eigenvalue weighted by Gasteiger charge is 2.16. The Morgan fingerprint density at radius 2 is 1.35 bits per heavy atom. The van der Waals surface area contributed by atoms with Crippen molar-refractivity contribution in [3.8, 4) is 28.7 Å². The van der Waals surface area contributed by atoms with Gasteiger partial charge in [0, 0.05) is 29.7 Å². The van der Waals surface area contributed by atoms with Gasteiger partial charge < -0.3 is 24.8 Å². The van der Waals surface area contributed by atoms with E-state index in [2.05, 4.69) is 0 Å². The van der Waals surface area contributed by atoms with Gasteiger partial charge in [0.05, 0.1) is 14.2 Å². The van der Waals surface area contributed by atoms with Crippen molar-refractivity contribution in [3.63, 3.8) is 0 Å². The first-order valence-electron chi connectivity index (χ1n) is 6.00. The van der Waals surface area contributed by atoms with Crippen molar-refractivity contribution in [3.05, 3.63) is 41.5 Å². The summed E-state index contributed by atoms with van der Waals surface area (Å²) in [7, 11) is 3.07.